The van der Waals surface area contributed by atoms with Crippen LogP contribution in [0, 0.1) is 0 Å². The van der Waals surface area contributed by atoms with E-state index in [-0.39, 0.29) is 17.4 Å². The molecule has 0 fully saturated rings. The Kier molecular flexibility index (Phi) is 6.33. The molecule has 3 N–H and O–H groups in total. The first-order chi connectivity index (χ1) is 13.6. The Labute approximate surface area is 165 Å². The minimum atomic E-state index is -0.548. The highest BCUT2D eigenvalue weighted by Gasteiger charge is 2.14. The molecule has 1 heterocycles. The lowest BCUT2D eigenvalue weighted by Gasteiger charge is -2.08. The van der Waals surface area contributed by atoms with Crippen LogP contribution in [0.15, 0.2) is 82.9 Å². The van der Waals surface area contributed by atoms with Crippen LogP contribution in [-0.4, -0.2) is 23.1 Å². The first-order valence-corrected chi connectivity index (χ1v) is 9.24. The van der Waals surface area contributed by atoms with Gasteiger partial charge in [0.15, 0.2) is 0 Å². The highest BCUT2D eigenvalue weighted by Crippen LogP contribution is 2.13. The second kappa shape index (κ2) is 9.29. The molecule has 0 saturated heterocycles. The molecule has 28 heavy (non-hydrogen) atoms. The molecular weight excluding hydrogens is 374 g/mol. The van der Waals surface area contributed by atoms with Gasteiger partial charge in [0.1, 0.15) is 11.4 Å². The molecule has 0 unspecified atom stereocenters. The molecule has 3 aromatic rings. The SMILES string of the molecule is O=C(N/N=C/c1ccc(O)cc1)/C(=C\c1cccs1)NC(=O)c1ccccc1. The molecule has 0 bridgehead atoms. The van der Waals surface area contributed by atoms with Crippen LogP contribution in [0.2, 0.25) is 0 Å². The van der Waals surface area contributed by atoms with Crippen molar-refractivity contribution in [2.75, 3.05) is 0 Å². The van der Waals surface area contributed by atoms with Crippen LogP contribution >= 0.6 is 11.3 Å². The van der Waals surface area contributed by atoms with E-state index in [2.05, 4.69) is 15.8 Å². The Hall–Kier alpha value is -3.71. The topological polar surface area (TPSA) is 90.8 Å². The fraction of sp³-hybridized carbons (Fsp3) is 0. The lowest BCUT2D eigenvalue weighted by atomic mass is 10.2. The lowest BCUT2D eigenvalue weighted by Crippen LogP contribution is -2.32. The number of aromatic hydroxyl groups is 1. The van der Waals surface area contributed by atoms with Crippen molar-refractivity contribution in [2.45, 2.75) is 0 Å². The van der Waals surface area contributed by atoms with E-state index in [0.717, 1.165) is 4.88 Å². The molecule has 2 amide bonds. The van der Waals surface area contributed by atoms with Gasteiger partial charge in [-0.25, -0.2) is 5.43 Å². The van der Waals surface area contributed by atoms with E-state index in [1.165, 1.54) is 29.7 Å². The molecule has 2 aromatic carbocycles. The minimum absolute atomic E-state index is 0.0826. The van der Waals surface area contributed by atoms with Gasteiger partial charge >= 0.3 is 0 Å². The van der Waals surface area contributed by atoms with E-state index in [0.29, 0.717) is 11.1 Å². The predicted molar refractivity (Wildman–Crippen MR) is 110 cm³/mol. The molecule has 0 saturated carbocycles. The van der Waals surface area contributed by atoms with Crippen molar-refractivity contribution in [1.29, 1.82) is 0 Å². The standard InChI is InChI=1S/C21H17N3O3S/c25-17-10-8-15(9-11-17)14-22-24-21(27)19(13-18-7-4-12-28-18)23-20(26)16-5-2-1-3-6-16/h1-14,25H,(H,23,26)(H,24,27)/b19-13+,22-14+. The maximum absolute atomic E-state index is 12.5. The number of amides is 2. The Bertz CT molecular complexity index is 995. The minimum Gasteiger partial charge on any atom is -0.508 e. The fourth-order valence-corrected chi connectivity index (χ4v) is 2.90. The third-order valence-electron chi connectivity index (χ3n) is 3.63. The summed E-state index contributed by atoms with van der Waals surface area (Å²) in [6, 6.07) is 18.7. The van der Waals surface area contributed by atoms with Crippen LogP contribution in [0.1, 0.15) is 20.8 Å². The van der Waals surface area contributed by atoms with Gasteiger partial charge in [0.05, 0.1) is 6.21 Å². The number of carbonyl (C=O) groups excluding carboxylic acids is 2. The van der Waals surface area contributed by atoms with Gasteiger partial charge in [0.2, 0.25) is 0 Å². The maximum atomic E-state index is 12.5. The quantitative estimate of drug-likeness (QED) is 0.342. The second-order valence-corrected chi connectivity index (χ2v) is 6.66. The summed E-state index contributed by atoms with van der Waals surface area (Å²) in [6.45, 7) is 0. The third-order valence-corrected chi connectivity index (χ3v) is 4.45. The molecule has 0 radical (unpaired) electrons. The van der Waals surface area contributed by atoms with Crippen molar-refractivity contribution in [3.63, 3.8) is 0 Å². The largest absolute Gasteiger partial charge is 0.508 e. The van der Waals surface area contributed by atoms with Crippen LogP contribution in [0.5, 0.6) is 5.75 Å². The Morgan fingerprint density at radius 3 is 2.39 bits per heavy atom. The number of hydrazone groups is 1. The van der Waals surface area contributed by atoms with Gasteiger partial charge in [-0.1, -0.05) is 24.3 Å². The summed E-state index contributed by atoms with van der Waals surface area (Å²) in [4.78, 5) is 25.8. The first-order valence-electron chi connectivity index (χ1n) is 8.36. The predicted octanol–water partition coefficient (Wildman–Crippen LogP) is 3.37. The fourth-order valence-electron chi connectivity index (χ4n) is 2.24. The number of nitrogens with one attached hydrogen (secondary N) is 2. The van der Waals surface area contributed by atoms with E-state index in [4.69, 9.17) is 0 Å². The summed E-state index contributed by atoms with van der Waals surface area (Å²) in [5.41, 5.74) is 3.64. The van der Waals surface area contributed by atoms with Gasteiger partial charge in [-0.3, -0.25) is 9.59 Å². The van der Waals surface area contributed by atoms with Gasteiger partial charge in [0.25, 0.3) is 11.8 Å². The average Bonchev–Trinajstić information content (AvgIpc) is 3.22. The normalized spacial score (nSPS) is 11.4. The highest BCUT2D eigenvalue weighted by atomic mass is 32.1. The van der Waals surface area contributed by atoms with Gasteiger partial charge < -0.3 is 10.4 Å². The van der Waals surface area contributed by atoms with E-state index < -0.39 is 5.91 Å². The molecule has 1 aromatic heterocycles. The smallest absolute Gasteiger partial charge is 0.287 e. The van der Waals surface area contributed by atoms with Crippen LogP contribution in [-0.2, 0) is 4.79 Å². The molecule has 140 valence electrons. The summed E-state index contributed by atoms with van der Waals surface area (Å²) in [5.74, 6) is -0.792. The monoisotopic (exact) mass is 391 g/mol. The summed E-state index contributed by atoms with van der Waals surface area (Å²) >= 11 is 1.44. The number of phenolic OH excluding ortho intramolecular Hbond substituents is 1. The summed E-state index contributed by atoms with van der Waals surface area (Å²) in [7, 11) is 0. The zero-order valence-electron chi connectivity index (χ0n) is 14.7. The average molecular weight is 391 g/mol. The van der Waals surface area contributed by atoms with Gasteiger partial charge in [-0.05, 0) is 59.5 Å². The van der Waals surface area contributed by atoms with Crippen LogP contribution in [0.4, 0.5) is 0 Å². The van der Waals surface area contributed by atoms with Crippen LogP contribution in [0.25, 0.3) is 6.08 Å². The molecule has 6 nitrogen and oxygen atoms in total. The van der Waals surface area contributed by atoms with E-state index in [1.807, 2.05) is 23.6 Å². The number of phenols is 1. The first kappa shape index (κ1) is 19.1. The molecule has 0 aliphatic carbocycles. The van der Waals surface area contributed by atoms with Gasteiger partial charge in [-0.15, -0.1) is 11.3 Å². The van der Waals surface area contributed by atoms with Crippen molar-refractivity contribution in [3.8, 4) is 5.75 Å². The van der Waals surface area contributed by atoms with Gasteiger partial charge in [-0.2, -0.15) is 5.10 Å². The zero-order chi connectivity index (χ0) is 19.8. The number of hydrogen-bond acceptors (Lipinski definition) is 5. The Morgan fingerprint density at radius 1 is 0.964 bits per heavy atom. The molecule has 0 aliphatic rings. The number of rotatable bonds is 6. The number of nitrogens with zero attached hydrogens (tertiary/aromatic N) is 1. The van der Waals surface area contributed by atoms with Crippen molar-refractivity contribution in [3.05, 3.63) is 93.8 Å². The molecule has 0 atom stereocenters. The third kappa shape index (κ3) is 5.39. The van der Waals surface area contributed by atoms with Crippen molar-refractivity contribution >= 4 is 35.4 Å². The Balaban J connectivity index is 1.73. The summed E-state index contributed by atoms with van der Waals surface area (Å²) in [6.07, 6.45) is 3.04. The molecular formula is C21H17N3O3S. The number of benzene rings is 2. The number of hydrogen-bond donors (Lipinski definition) is 3. The molecule has 7 heteroatoms. The van der Waals surface area contributed by atoms with Crippen molar-refractivity contribution in [1.82, 2.24) is 10.7 Å². The van der Waals surface area contributed by atoms with E-state index >= 15 is 0 Å². The second-order valence-electron chi connectivity index (χ2n) is 5.68. The van der Waals surface area contributed by atoms with Crippen LogP contribution in [0.3, 0.4) is 0 Å². The highest BCUT2D eigenvalue weighted by molar-refractivity contribution is 7.10. The summed E-state index contributed by atoms with van der Waals surface area (Å²) < 4.78 is 0. The Morgan fingerprint density at radius 2 is 1.71 bits per heavy atom. The van der Waals surface area contributed by atoms with E-state index in [1.54, 1.807) is 42.5 Å². The summed E-state index contributed by atoms with van der Waals surface area (Å²) in [5, 5.41) is 17.7. The molecule has 0 spiro atoms. The number of carbonyl (C=O) groups is 2. The van der Waals surface area contributed by atoms with Crippen LogP contribution < -0.4 is 10.7 Å². The molecule has 3 rings (SSSR count). The van der Waals surface area contributed by atoms with Crippen molar-refractivity contribution < 1.29 is 14.7 Å². The number of thiophene rings is 1. The lowest BCUT2D eigenvalue weighted by molar-refractivity contribution is -0.117. The van der Waals surface area contributed by atoms with Gasteiger partial charge in [0, 0.05) is 10.4 Å². The maximum Gasteiger partial charge on any atom is 0.287 e. The van der Waals surface area contributed by atoms with E-state index in [9.17, 15) is 14.7 Å². The van der Waals surface area contributed by atoms with Crippen molar-refractivity contribution in [2.24, 2.45) is 5.10 Å². The zero-order valence-corrected chi connectivity index (χ0v) is 15.5. The molecule has 0 aliphatic heterocycles.